The third-order valence-electron chi connectivity index (χ3n) is 3.24. The SMILES string of the molecule is CN(CCCC(=O)c1ccccc1)c1cccc(F)c1. The van der Waals surface area contributed by atoms with Crippen molar-refractivity contribution in [1.82, 2.24) is 0 Å². The number of benzene rings is 2. The first kappa shape index (κ1) is 14.3. The predicted octanol–water partition coefficient (Wildman–Crippen LogP) is 3.93. The van der Waals surface area contributed by atoms with Gasteiger partial charge in [-0.25, -0.2) is 4.39 Å². The van der Waals surface area contributed by atoms with Crippen LogP contribution in [0.4, 0.5) is 10.1 Å². The minimum Gasteiger partial charge on any atom is -0.375 e. The molecule has 0 heterocycles. The van der Waals surface area contributed by atoms with Crippen molar-refractivity contribution in [2.75, 3.05) is 18.5 Å². The van der Waals surface area contributed by atoms with E-state index in [2.05, 4.69) is 0 Å². The lowest BCUT2D eigenvalue weighted by molar-refractivity contribution is 0.0981. The van der Waals surface area contributed by atoms with Gasteiger partial charge >= 0.3 is 0 Å². The molecule has 3 heteroatoms. The normalized spacial score (nSPS) is 10.3. The van der Waals surface area contributed by atoms with Crippen LogP contribution in [0.3, 0.4) is 0 Å². The lowest BCUT2D eigenvalue weighted by Gasteiger charge is -2.19. The zero-order valence-corrected chi connectivity index (χ0v) is 11.6. The number of Topliss-reactive ketones (excluding diaryl/α,β-unsaturated/α-hetero) is 1. The fourth-order valence-corrected chi connectivity index (χ4v) is 2.09. The highest BCUT2D eigenvalue weighted by Crippen LogP contribution is 2.15. The van der Waals surface area contributed by atoms with E-state index in [-0.39, 0.29) is 11.6 Å². The molecular formula is C17H18FNO. The maximum atomic E-state index is 13.1. The summed E-state index contributed by atoms with van der Waals surface area (Å²) >= 11 is 0. The lowest BCUT2D eigenvalue weighted by Crippen LogP contribution is -2.19. The van der Waals surface area contributed by atoms with Gasteiger partial charge in [0, 0.05) is 31.3 Å². The van der Waals surface area contributed by atoms with Gasteiger partial charge in [-0.05, 0) is 24.6 Å². The Bertz CT molecular complexity index is 568. The Morgan fingerprint density at radius 2 is 1.85 bits per heavy atom. The van der Waals surface area contributed by atoms with E-state index in [9.17, 15) is 9.18 Å². The van der Waals surface area contributed by atoms with Gasteiger partial charge < -0.3 is 4.90 Å². The summed E-state index contributed by atoms with van der Waals surface area (Å²) in [7, 11) is 1.90. The van der Waals surface area contributed by atoms with Crippen LogP contribution in [0, 0.1) is 5.82 Å². The molecule has 0 fully saturated rings. The monoisotopic (exact) mass is 271 g/mol. The molecule has 0 unspecified atom stereocenters. The number of carbonyl (C=O) groups excluding carboxylic acids is 1. The summed E-state index contributed by atoms with van der Waals surface area (Å²) in [6, 6.07) is 15.8. The molecule has 0 aliphatic heterocycles. The molecule has 0 spiro atoms. The summed E-state index contributed by atoms with van der Waals surface area (Å²) in [5, 5.41) is 0. The van der Waals surface area contributed by atoms with Crippen molar-refractivity contribution in [2.24, 2.45) is 0 Å². The van der Waals surface area contributed by atoms with Crippen LogP contribution in [0.1, 0.15) is 23.2 Å². The highest BCUT2D eigenvalue weighted by Gasteiger charge is 2.06. The molecule has 0 aliphatic rings. The molecule has 0 saturated heterocycles. The van der Waals surface area contributed by atoms with E-state index in [4.69, 9.17) is 0 Å². The first-order valence-electron chi connectivity index (χ1n) is 6.72. The maximum Gasteiger partial charge on any atom is 0.162 e. The van der Waals surface area contributed by atoms with Crippen LogP contribution in [0.25, 0.3) is 0 Å². The molecule has 0 radical (unpaired) electrons. The number of hydrogen-bond acceptors (Lipinski definition) is 2. The summed E-state index contributed by atoms with van der Waals surface area (Å²) < 4.78 is 13.1. The molecule has 2 rings (SSSR count). The molecule has 0 amide bonds. The zero-order valence-electron chi connectivity index (χ0n) is 11.6. The zero-order chi connectivity index (χ0) is 14.4. The summed E-state index contributed by atoms with van der Waals surface area (Å²) in [5.74, 6) is -0.0899. The quantitative estimate of drug-likeness (QED) is 0.742. The number of carbonyl (C=O) groups is 1. The fourth-order valence-electron chi connectivity index (χ4n) is 2.09. The molecular weight excluding hydrogens is 253 g/mol. The van der Waals surface area contributed by atoms with Crippen molar-refractivity contribution >= 4 is 11.5 Å². The van der Waals surface area contributed by atoms with Crippen LogP contribution in [0.15, 0.2) is 54.6 Å². The van der Waals surface area contributed by atoms with Crippen molar-refractivity contribution < 1.29 is 9.18 Å². The molecule has 2 nitrogen and oxygen atoms in total. The number of ketones is 1. The van der Waals surface area contributed by atoms with E-state index in [0.29, 0.717) is 6.42 Å². The molecule has 0 atom stereocenters. The van der Waals surface area contributed by atoms with Crippen LogP contribution >= 0.6 is 0 Å². The molecule has 0 bridgehead atoms. The first-order chi connectivity index (χ1) is 9.66. The van der Waals surface area contributed by atoms with E-state index in [1.165, 1.54) is 12.1 Å². The first-order valence-corrected chi connectivity index (χ1v) is 6.72. The third-order valence-corrected chi connectivity index (χ3v) is 3.24. The van der Waals surface area contributed by atoms with Gasteiger partial charge in [0.05, 0.1) is 0 Å². The van der Waals surface area contributed by atoms with E-state index in [0.717, 1.165) is 24.2 Å². The van der Waals surface area contributed by atoms with Crippen LogP contribution in [0.2, 0.25) is 0 Å². The number of rotatable bonds is 6. The molecule has 20 heavy (non-hydrogen) atoms. The van der Waals surface area contributed by atoms with Crippen LogP contribution < -0.4 is 4.90 Å². The average Bonchev–Trinajstić information content (AvgIpc) is 2.48. The lowest BCUT2D eigenvalue weighted by atomic mass is 10.1. The second-order valence-electron chi connectivity index (χ2n) is 4.79. The summed E-state index contributed by atoms with van der Waals surface area (Å²) in [6.45, 7) is 0.724. The van der Waals surface area contributed by atoms with Crippen LogP contribution in [0.5, 0.6) is 0 Å². The summed E-state index contributed by atoms with van der Waals surface area (Å²) in [6.07, 6.45) is 1.25. The second kappa shape index (κ2) is 6.85. The molecule has 104 valence electrons. The van der Waals surface area contributed by atoms with Crippen molar-refractivity contribution in [3.63, 3.8) is 0 Å². The number of nitrogens with zero attached hydrogens (tertiary/aromatic N) is 1. The fraction of sp³-hybridized carbons (Fsp3) is 0.235. The van der Waals surface area contributed by atoms with E-state index >= 15 is 0 Å². The molecule has 0 aromatic heterocycles. The van der Waals surface area contributed by atoms with Gasteiger partial charge in [-0.15, -0.1) is 0 Å². The van der Waals surface area contributed by atoms with Crippen molar-refractivity contribution in [1.29, 1.82) is 0 Å². The molecule has 0 saturated carbocycles. The van der Waals surface area contributed by atoms with Crippen molar-refractivity contribution in [2.45, 2.75) is 12.8 Å². The Morgan fingerprint density at radius 3 is 2.55 bits per heavy atom. The Labute approximate surface area is 118 Å². The highest BCUT2D eigenvalue weighted by molar-refractivity contribution is 5.95. The molecule has 2 aromatic rings. The minimum absolute atomic E-state index is 0.151. The molecule has 2 aromatic carbocycles. The summed E-state index contributed by atoms with van der Waals surface area (Å²) in [4.78, 5) is 13.9. The van der Waals surface area contributed by atoms with E-state index in [1.807, 2.05) is 48.3 Å². The van der Waals surface area contributed by atoms with Gasteiger partial charge in [0.1, 0.15) is 5.82 Å². The van der Waals surface area contributed by atoms with Gasteiger partial charge in [0.2, 0.25) is 0 Å². The average molecular weight is 271 g/mol. The predicted molar refractivity (Wildman–Crippen MR) is 79.7 cm³/mol. The van der Waals surface area contributed by atoms with E-state index < -0.39 is 0 Å². The smallest absolute Gasteiger partial charge is 0.162 e. The Hall–Kier alpha value is -2.16. The van der Waals surface area contributed by atoms with Gasteiger partial charge in [-0.2, -0.15) is 0 Å². The van der Waals surface area contributed by atoms with Crippen LogP contribution in [-0.2, 0) is 0 Å². The standard InChI is InChI=1S/C17H18FNO/c1-19(16-10-5-9-15(18)13-16)12-6-11-17(20)14-7-3-2-4-8-14/h2-5,7-10,13H,6,11-12H2,1H3. The van der Waals surface area contributed by atoms with Gasteiger partial charge in [-0.1, -0.05) is 36.4 Å². The molecule has 0 N–H and O–H groups in total. The largest absolute Gasteiger partial charge is 0.375 e. The maximum absolute atomic E-state index is 13.1. The summed E-state index contributed by atoms with van der Waals surface area (Å²) in [5.41, 5.74) is 1.58. The number of anilines is 1. The van der Waals surface area contributed by atoms with Crippen molar-refractivity contribution in [3.8, 4) is 0 Å². The van der Waals surface area contributed by atoms with Crippen LogP contribution in [-0.4, -0.2) is 19.4 Å². The number of hydrogen-bond donors (Lipinski definition) is 0. The Balaban J connectivity index is 1.83. The number of halogens is 1. The van der Waals surface area contributed by atoms with Gasteiger partial charge in [-0.3, -0.25) is 4.79 Å². The third kappa shape index (κ3) is 3.92. The van der Waals surface area contributed by atoms with Crippen molar-refractivity contribution in [3.05, 3.63) is 66.0 Å². The Morgan fingerprint density at radius 1 is 1.10 bits per heavy atom. The highest BCUT2D eigenvalue weighted by atomic mass is 19.1. The topological polar surface area (TPSA) is 20.3 Å². The Kier molecular flexibility index (Phi) is 4.88. The minimum atomic E-state index is -0.241. The van der Waals surface area contributed by atoms with Gasteiger partial charge in [0.15, 0.2) is 5.78 Å². The second-order valence-corrected chi connectivity index (χ2v) is 4.79. The van der Waals surface area contributed by atoms with E-state index in [1.54, 1.807) is 6.07 Å². The molecule has 0 aliphatic carbocycles. The van der Waals surface area contributed by atoms with Gasteiger partial charge in [0.25, 0.3) is 0 Å².